The van der Waals surface area contributed by atoms with Gasteiger partial charge < -0.3 is 15.1 Å². The topological polar surface area (TPSA) is 59.9 Å². The van der Waals surface area contributed by atoms with E-state index >= 15 is 0 Å². The number of anilines is 1. The molecule has 2 saturated heterocycles. The van der Waals surface area contributed by atoms with Crippen LogP contribution in [0.4, 0.5) is 5.95 Å². The normalized spacial score (nSPS) is 17.7. The third-order valence-electron chi connectivity index (χ3n) is 6.11. The number of benzene rings is 1. The lowest BCUT2D eigenvalue weighted by Gasteiger charge is -2.36. The number of aromatic nitrogens is 2. The minimum atomic E-state index is 0. The molecule has 2 aliphatic heterocycles. The van der Waals surface area contributed by atoms with E-state index in [2.05, 4.69) is 61.2 Å². The van der Waals surface area contributed by atoms with Crippen molar-refractivity contribution < 1.29 is 0 Å². The van der Waals surface area contributed by atoms with Crippen molar-refractivity contribution in [2.24, 2.45) is 4.99 Å². The van der Waals surface area contributed by atoms with E-state index < -0.39 is 0 Å². The average Bonchev–Trinajstić information content (AvgIpc) is 2.84. The molecule has 4 rings (SSSR count). The van der Waals surface area contributed by atoms with Crippen molar-refractivity contribution in [1.29, 1.82) is 0 Å². The van der Waals surface area contributed by atoms with Crippen molar-refractivity contribution in [3.8, 4) is 0 Å². The maximum Gasteiger partial charge on any atom is 0.225 e. The molecule has 32 heavy (non-hydrogen) atoms. The Labute approximate surface area is 209 Å². The van der Waals surface area contributed by atoms with Crippen LogP contribution in [0.25, 0.3) is 0 Å². The van der Waals surface area contributed by atoms with Crippen molar-refractivity contribution in [2.75, 3.05) is 50.7 Å². The predicted octanol–water partition coefficient (Wildman–Crippen LogP) is 3.37. The Kier molecular flexibility index (Phi) is 9.98. The summed E-state index contributed by atoms with van der Waals surface area (Å²) >= 11 is 0. The fraction of sp³-hybridized carbons (Fsp3) is 0.542. The zero-order valence-electron chi connectivity index (χ0n) is 19.1. The van der Waals surface area contributed by atoms with Crippen LogP contribution in [0.15, 0.2) is 47.7 Å². The molecule has 1 N–H and O–H groups in total. The lowest BCUT2D eigenvalue weighted by molar-refractivity contribution is 0.220. The molecule has 174 valence electrons. The molecule has 0 unspecified atom stereocenters. The van der Waals surface area contributed by atoms with Gasteiger partial charge in [-0.15, -0.1) is 24.0 Å². The van der Waals surface area contributed by atoms with Crippen molar-refractivity contribution in [1.82, 2.24) is 25.1 Å². The average molecular weight is 550 g/mol. The first-order valence-corrected chi connectivity index (χ1v) is 11.7. The van der Waals surface area contributed by atoms with E-state index in [1.54, 1.807) is 0 Å². The smallest absolute Gasteiger partial charge is 0.225 e. The van der Waals surface area contributed by atoms with E-state index in [1.807, 2.05) is 18.5 Å². The molecule has 2 aliphatic rings. The van der Waals surface area contributed by atoms with Gasteiger partial charge in [-0.3, -0.25) is 4.90 Å². The molecule has 2 aromatic rings. The highest BCUT2D eigenvalue weighted by molar-refractivity contribution is 14.0. The summed E-state index contributed by atoms with van der Waals surface area (Å²) < 4.78 is 0. The fourth-order valence-corrected chi connectivity index (χ4v) is 4.38. The SMILES string of the molecule is CCNC(=NCc1ccccc1CN1CCCCC1)N1CCN(c2ncccn2)CC1.I. The summed E-state index contributed by atoms with van der Waals surface area (Å²) in [7, 11) is 0. The number of nitrogens with one attached hydrogen (secondary N) is 1. The van der Waals surface area contributed by atoms with Crippen LogP contribution in [-0.4, -0.2) is 71.5 Å². The Balaban J connectivity index is 0.00000289. The summed E-state index contributed by atoms with van der Waals surface area (Å²) in [4.78, 5) is 21.0. The number of nitrogens with zero attached hydrogens (tertiary/aromatic N) is 6. The molecule has 8 heteroatoms. The van der Waals surface area contributed by atoms with Gasteiger partial charge >= 0.3 is 0 Å². The van der Waals surface area contributed by atoms with Crippen LogP contribution in [0.1, 0.15) is 37.3 Å². The Morgan fingerprint density at radius 3 is 2.28 bits per heavy atom. The second kappa shape index (κ2) is 12.9. The lowest BCUT2D eigenvalue weighted by Crippen LogP contribution is -2.53. The van der Waals surface area contributed by atoms with Crippen LogP contribution in [0.5, 0.6) is 0 Å². The maximum atomic E-state index is 5.02. The maximum absolute atomic E-state index is 5.02. The zero-order valence-corrected chi connectivity index (χ0v) is 21.4. The van der Waals surface area contributed by atoms with Crippen molar-refractivity contribution in [3.63, 3.8) is 0 Å². The van der Waals surface area contributed by atoms with Gasteiger partial charge in [0.25, 0.3) is 0 Å². The van der Waals surface area contributed by atoms with Gasteiger partial charge in [0.05, 0.1) is 6.54 Å². The standard InChI is InChI=1S/C24H35N7.HI/c1-2-25-23(30-15-17-31(18-16-30)24-26-11-8-12-27-24)28-19-21-9-4-5-10-22(21)20-29-13-6-3-7-14-29;/h4-5,8-12H,2-3,6-7,13-20H2,1H3,(H,25,28);1H. The number of hydrogen-bond acceptors (Lipinski definition) is 5. The summed E-state index contributed by atoms with van der Waals surface area (Å²) in [6.45, 7) is 10.8. The van der Waals surface area contributed by atoms with E-state index in [-0.39, 0.29) is 24.0 Å². The van der Waals surface area contributed by atoms with Gasteiger partial charge in [0.2, 0.25) is 5.95 Å². The van der Waals surface area contributed by atoms with E-state index in [4.69, 9.17) is 4.99 Å². The van der Waals surface area contributed by atoms with Crippen molar-refractivity contribution >= 4 is 35.9 Å². The second-order valence-corrected chi connectivity index (χ2v) is 8.30. The van der Waals surface area contributed by atoms with Crippen molar-refractivity contribution in [3.05, 3.63) is 53.9 Å². The first-order valence-electron chi connectivity index (χ1n) is 11.7. The number of likely N-dealkylation sites (tertiary alicyclic amines) is 1. The number of piperidine rings is 1. The number of hydrogen-bond donors (Lipinski definition) is 1. The van der Waals surface area contributed by atoms with Gasteiger partial charge in [0, 0.05) is 51.7 Å². The molecule has 0 atom stereocenters. The van der Waals surface area contributed by atoms with Gasteiger partial charge in [-0.1, -0.05) is 30.7 Å². The molecule has 1 aromatic heterocycles. The molecule has 2 fully saturated rings. The molecule has 0 saturated carbocycles. The largest absolute Gasteiger partial charge is 0.357 e. The monoisotopic (exact) mass is 549 g/mol. The van der Waals surface area contributed by atoms with Crippen molar-refractivity contribution in [2.45, 2.75) is 39.3 Å². The number of rotatable bonds is 6. The minimum Gasteiger partial charge on any atom is -0.357 e. The molecule has 0 radical (unpaired) electrons. The van der Waals surface area contributed by atoms with Crippen LogP contribution < -0.4 is 10.2 Å². The van der Waals surface area contributed by atoms with E-state index in [0.29, 0.717) is 6.54 Å². The third-order valence-corrected chi connectivity index (χ3v) is 6.11. The molecule has 0 aliphatic carbocycles. The molecular formula is C24H36IN7. The number of piperazine rings is 1. The van der Waals surface area contributed by atoms with Gasteiger partial charge in [0.15, 0.2) is 5.96 Å². The summed E-state index contributed by atoms with van der Waals surface area (Å²) in [5.41, 5.74) is 2.75. The predicted molar refractivity (Wildman–Crippen MR) is 142 cm³/mol. The molecule has 3 heterocycles. The second-order valence-electron chi connectivity index (χ2n) is 8.30. The van der Waals surface area contributed by atoms with Crippen LogP contribution >= 0.6 is 24.0 Å². The Morgan fingerprint density at radius 1 is 0.906 bits per heavy atom. The third kappa shape index (κ3) is 6.78. The highest BCUT2D eigenvalue weighted by atomic mass is 127. The number of halogens is 1. The Hall–Kier alpha value is -1.94. The first kappa shape index (κ1) is 24.7. The summed E-state index contributed by atoms with van der Waals surface area (Å²) in [5, 5.41) is 3.49. The highest BCUT2D eigenvalue weighted by Gasteiger charge is 2.21. The zero-order chi connectivity index (χ0) is 21.3. The summed E-state index contributed by atoms with van der Waals surface area (Å²) in [6, 6.07) is 10.7. The van der Waals surface area contributed by atoms with Gasteiger partial charge in [-0.25, -0.2) is 15.0 Å². The van der Waals surface area contributed by atoms with Gasteiger partial charge in [0.1, 0.15) is 0 Å². The van der Waals surface area contributed by atoms with E-state index in [0.717, 1.165) is 51.2 Å². The lowest BCUT2D eigenvalue weighted by atomic mass is 10.1. The van der Waals surface area contributed by atoms with E-state index in [9.17, 15) is 0 Å². The molecule has 1 aromatic carbocycles. The van der Waals surface area contributed by atoms with E-state index in [1.165, 1.54) is 43.5 Å². The number of aliphatic imine (C=N–C) groups is 1. The van der Waals surface area contributed by atoms with Gasteiger partial charge in [-0.2, -0.15) is 0 Å². The minimum absolute atomic E-state index is 0. The first-order chi connectivity index (χ1) is 15.3. The quantitative estimate of drug-likeness (QED) is 0.339. The molecular weight excluding hydrogens is 513 g/mol. The van der Waals surface area contributed by atoms with Crippen LogP contribution in [0.2, 0.25) is 0 Å². The molecule has 0 spiro atoms. The fourth-order valence-electron chi connectivity index (χ4n) is 4.38. The van der Waals surface area contributed by atoms with Crippen LogP contribution in [0.3, 0.4) is 0 Å². The van der Waals surface area contributed by atoms with Gasteiger partial charge in [-0.05, 0) is 50.0 Å². The highest BCUT2D eigenvalue weighted by Crippen LogP contribution is 2.17. The summed E-state index contributed by atoms with van der Waals surface area (Å²) in [5.74, 6) is 1.82. The molecule has 0 amide bonds. The molecule has 0 bridgehead atoms. The Bertz CT molecular complexity index is 831. The molecule has 7 nitrogen and oxygen atoms in total. The van der Waals surface area contributed by atoms with Crippen LogP contribution in [0, 0.1) is 0 Å². The van der Waals surface area contributed by atoms with Crippen LogP contribution in [-0.2, 0) is 13.1 Å². The Morgan fingerprint density at radius 2 is 1.59 bits per heavy atom. The number of guanidine groups is 1. The summed E-state index contributed by atoms with van der Waals surface area (Å²) in [6.07, 6.45) is 7.64.